The standard InChI is InChI=1S/C10H12INO2/c11-9-4-2-1-3-8(9)7-10(14)12-5-6-13/h1-4,13H,5-7H2,(H,12,14). The highest BCUT2D eigenvalue weighted by Gasteiger charge is 2.04. The van der Waals surface area contributed by atoms with E-state index in [0.717, 1.165) is 9.13 Å². The zero-order valence-electron chi connectivity index (χ0n) is 7.66. The number of nitrogens with one attached hydrogen (secondary N) is 1. The largest absolute Gasteiger partial charge is 0.395 e. The highest BCUT2D eigenvalue weighted by molar-refractivity contribution is 14.1. The Balaban J connectivity index is 2.52. The number of halogens is 1. The monoisotopic (exact) mass is 305 g/mol. The first-order valence-electron chi connectivity index (χ1n) is 4.35. The van der Waals surface area contributed by atoms with Gasteiger partial charge in [0.05, 0.1) is 13.0 Å². The molecular weight excluding hydrogens is 293 g/mol. The van der Waals surface area contributed by atoms with Gasteiger partial charge in [-0.25, -0.2) is 0 Å². The third kappa shape index (κ3) is 3.63. The first-order valence-corrected chi connectivity index (χ1v) is 5.43. The summed E-state index contributed by atoms with van der Waals surface area (Å²) in [7, 11) is 0. The van der Waals surface area contributed by atoms with Crippen LogP contribution in [-0.2, 0) is 11.2 Å². The zero-order valence-corrected chi connectivity index (χ0v) is 9.82. The van der Waals surface area contributed by atoms with Crippen LogP contribution in [0.5, 0.6) is 0 Å². The molecule has 0 fully saturated rings. The van der Waals surface area contributed by atoms with Gasteiger partial charge in [0.15, 0.2) is 0 Å². The zero-order chi connectivity index (χ0) is 10.4. The van der Waals surface area contributed by atoms with E-state index in [-0.39, 0.29) is 12.5 Å². The summed E-state index contributed by atoms with van der Waals surface area (Å²) >= 11 is 2.20. The van der Waals surface area contributed by atoms with E-state index < -0.39 is 0 Å². The van der Waals surface area contributed by atoms with Crippen LogP contribution >= 0.6 is 22.6 Å². The van der Waals surface area contributed by atoms with Gasteiger partial charge in [0, 0.05) is 10.1 Å². The molecule has 0 radical (unpaired) electrons. The first-order chi connectivity index (χ1) is 6.74. The Labute approximate surface area is 96.7 Å². The molecule has 0 unspecified atom stereocenters. The molecule has 1 rings (SSSR count). The van der Waals surface area contributed by atoms with Gasteiger partial charge in [-0.15, -0.1) is 0 Å². The number of aliphatic hydroxyl groups excluding tert-OH is 1. The van der Waals surface area contributed by atoms with Crippen LogP contribution in [0.3, 0.4) is 0 Å². The Morgan fingerprint density at radius 1 is 1.43 bits per heavy atom. The lowest BCUT2D eigenvalue weighted by Gasteiger charge is -2.04. The third-order valence-electron chi connectivity index (χ3n) is 1.74. The van der Waals surface area contributed by atoms with E-state index in [4.69, 9.17) is 5.11 Å². The van der Waals surface area contributed by atoms with Gasteiger partial charge < -0.3 is 10.4 Å². The Bertz CT molecular complexity index is 315. The Kier molecular flexibility index (Phi) is 4.89. The summed E-state index contributed by atoms with van der Waals surface area (Å²) in [6.07, 6.45) is 0.374. The minimum atomic E-state index is -0.0526. The number of aliphatic hydroxyl groups is 1. The van der Waals surface area contributed by atoms with Gasteiger partial charge in [-0.3, -0.25) is 4.79 Å². The van der Waals surface area contributed by atoms with E-state index >= 15 is 0 Å². The lowest BCUT2D eigenvalue weighted by Crippen LogP contribution is -2.28. The second kappa shape index (κ2) is 5.98. The summed E-state index contributed by atoms with van der Waals surface area (Å²) in [5.41, 5.74) is 1.02. The summed E-state index contributed by atoms with van der Waals surface area (Å²) in [5.74, 6) is -0.0526. The predicted molar refractivity (Wildman–Crippen MR) is 63.0 cm³/mol. The molecule has 0 saturated carbocycles. The number of amides is 1. The van der Waals surface area contributed by atoms with Gasteiger partial charge in [0.1, 0.15) is 0 Å². The van der Waals surface area contributed by atoms with Crippen molar-refractivity contribution in [2.24, 2.45) is 0 Å². The van der Waals surface area contributed by atoms with Gasteiger partial charge >= 0.3 is 0 Å². The van der Waals surface area contributed by atoms with E-state index in [0.29, 0.717) is 13.0 Å². The fraction of sp³-hybridized carbons (Fsp3) is 0.300. The van der Waals surface area contributed by atoms with Crippen molar-refractivity contribution in [2.45, 2.75) is 6.42 Å². The number of hydrogen-bond acceptors (Lipinski definition) is 2. The quantitative estimate of drug-likeness (QED) is 0.814. The number of benzene rings is 1. The number of hydrogen-bond donors (Lipinski definition) is 2. The first kappa shape index (κ1) is 11.5. The molecule has 0 bridgehead atoms. The van der Waals surface area contributed by atoms with Crippen molar-refractivity contribution in [3.63, 3.8) is 0 Å². The van der Waals surface area contributed by atoms with Crippen LogP contribution < -0.4 is 5.32 Å². The highest BCUT2D eigenvalue weighted by atomic mass is 127. The Morgan fingerprint density at radius 3 is 2.79 bits per heavy atom. The van der Waals surface area contributed by atoms with E-state index in [2.05, 4.69) is 27.9 Å². The molecule has 0 spiro atoms. The second-order valence-corrected chi connectivity index (χ2v) is 4.00. The molecule has 0 heterocycles. The maximum Gasteiger partial charge on any atom is 0.224 e. The van der Waals surface area contributed by atoms with E-state index in [1.807, 2.05) is 24.3 Å². The number of carbonyl (C=O) groups is 1. The van der Waals surface area contributed by atoms with Crippen molar-refractivity contribution in [1.29, 1.82) is 0 Å². The second-order valence-electron chi connectivity index (χ2n) is 2.84. The fourth-order valence-corrected chi connectivity index (χ4v) is 1.65. The van der Waals surface area contributed by atoms with Crippen molar-refractivity contribution >= 4 is 28.5 Å². The van der Waals surface area contributed by atoms with Crippen molar-refractivity contribution in [3.8, 4) is 0 Å². The Morgan fingerprint density at radius 2 is 2.14 bits per heavy atom. The molecule has 4 heteroatoms. The summed E-state index contributed by atoms with van der Waals surface area (Å²) < 4.78 is 1.09. The normalized spacial score (nSPS) is 9.86. The predicted octanol–water partition coefficient (Wildman–Crippen LogP) is 0.942. The van der Waals surface area contributed by atoms with Crippen LogP contribution in [0.4, 0.5) is 0 Å². The molecule has 0 atom stereocenters. The third-order valence-corrected chi connectivity index (χ3v) is 2.80. The highest BCUT2D eigenvalue weighted by Crippen LogP contribution is 2.11. The van der Waals surface area contributed by atoms with Gasteiger partial charge in [0.2, 0.25) is 5.91 Å². The molecule has 1 aromatic rings. The molecule has 0 aliphatic heterocycles. The smallest absolute Gasteiger partial charge is 0.224 e. The minimum Gasteiger partial charge on any atom is -0.395 e. The van der Waals surface area contributed by atoms with E-state index in [1.165, 1.54) is 0 Å². The van der Waals surface area contributed by atoms with Gasteiger partial charge in [-0.1, -0.05) is 18.2 Å². The lowest BCUT2D eigenvalue weighted by molar-refractivity contribution is -0.120. The molecular formula is C10H12INO2. The van der Waals surface area contributed by atoms with Crippen LogP contribution in [0.15, 0.2) is 24.3 Å². The molecule has 0 aliphatic carbocycles. The fourth-order valence-electron chi connectivity index (χ4n) is 1.07. The summed E-state index contributed by atoms with van der Waals surface area (Å²) in [4.78, 5) is 11.3. The van der Waals surface area contributed by atoms with Gasteiger partial charge in [0.25, 0.3) is 0 Å². The lowest BCUT2D eigenvalue weighted by atomic mass is 10.1. The van der Waals surface area contributed by atoms with E-state index in [1.54, 1.807) is 0 Å². The molecule has 2 N–H and O–H groups in total. The van der Waals surface area contributed by atoms with Crippen LogP contribution in [0.1, 0.15) is 5.56 Å². The molecule has 1 aromatic carbocycles. The van der Waals surface area contributed by atoms with Crippen LogP contribution in [0.2, 0.25) is 0 Å². The Hall–Kier alpha value is -0.620. The minimum absolute atomic E-state index is 0.0162. The molecule has 0 saturated heterocycles. The maximum absolute atomic E-state index is 11.3. The van der Waals surface area contributed by atoms with Crippen LogP contribution in [-0.4, -0.2) is 24.2 Å². The molecule has 14 heavy (non-hydrogen) atoms. The van der Waals surface area contributed by atoms with Gasteiger partial charge in [-0.05, 0) is 34.2 Å². The van der Waals surface area contributed by atoms with Crippen molar-refractivity contribution < 1.29 is 9.90 Å². The average Bonchev–Trinajstić information content (AvgIpc) is 2.18. The summed E-state index contributed by atoms with van der Waals surface area (Å²) in [5, 5.41) is 11.1. The maximum atomic E-state index is 11.3. The summed E-state index contributed by atoms with van der Waals surface area (Å²) in [6, 6.07) is 7.75. The molecule has 0 aliphatic rings. The van der Waals surface area contributed by atoms with Crippen molar-refractivity contribution in [2.75, 3.05) is 13.2 Å². The SMILES string of the molecule is O=C(Cc1ccccc1I)NCCO. The molecule has 1 amide bonds. The summed E-state index contributed by atoms with van der Waals surface area (Å²) in [6.45, 7) is 0.305. The average molecular weight is 305 g/mol. The van der Waals surface area contributed by atoms with Crippen LogP contribution in [0.25, 0.3) is 0 Å². The molecule has 0 aromatic heterocycles. The molecule has 3 nitrogen and oxygen atoms in total. The number of rotatable bonds is 4. The van der Waals surface area contributed by atoms with Crippen LogP contribution in [0, 0.1) is 3.57 Å². The van der Waals surface area contributed by atoms with Crippen molar-refractivity contribution in [3.05, 3.63) is 33.4 Å². The van der Waals surface area contributed by atoms with Crippen molar-refractivity contribution in [1.82, 2.24) is 5.32 Å². The van der Waals surface area contributed by atoms with E-state index in [9.17, 15) is 4.79 Å². The molecule has 76 valence electrons. The van der Waals surface area contributed by atoms with Gasteiger partial charge in [-0.2, -0.15) is 0 Å². The topological polar surface area (TPSA) is 49.3 Å². The number of carbonyl (C=O) groups excluding carboxylic acids is 1.